The van der Waals surface area contributed by atoms with Crippen molar-refractivity contribution in [2.75, 3.05) is 7.11 Å². The molecule has 0 atom stereocenters. The van der Waals surface area contributed by atoms with Crippen LogP contribution in [0.1, 0.15) is 5.56 Å². The van der Waals surface area contributed by atoms with Gasteiger partial charge in [-0.25, -0.2) is 4.98 Å². The van der Waals surface area contributed by atoms with E-state index in [1.165, 1.54) is 25.3 Å². The zero-order valence-corrected chi connectivity index (χ0v) is 12.7. The Bertz CT molecular complexity index is 877. The van der Waals surface area contributed by atoms with Crippen LogP contribution in [0.3, 0.4) is 0 Å². The van der Waals surface area contributed by atoms with Crippen molar-refractivity contribution in [1.29, 1.82) is 0 Å². The topological polar surface area (TPSA) is 22.1 Å². The molecule has 0 N–H and O–H groups in total. The van der Waals surface area contributed by atoms with E-state index in [2.05, 4.69) is 4.98 Å². The number of hydrogen-bond donors (Lipinski definition) is 0. The lowest BCUT2D eigenvalue weighted by Gasteiger charge is -2.15. The quantitative estimate of drug-likeness (QED) is 0.608. The molecule has 0 aliphatic rings. The summed E-state index contributed by atoms with van der Waals surface area (Å²) < 4.78 is 45.0. The highest BCUT2D eigenvalue weighted by atomic mass is 35.5. The highest BCUT2D eigenvalue weighted by molar-refractivity contribution is 6.35. The van der Waals surface area contributed by atoms with Crippen molar-refractivity contribution < 1.29 is 17.9 Å². The van der Waals surface area contributed by atoms with Crippen LogP contribution < -0.4 is 4.74 Å². The number of hydrogen-bond acceptors (Lipinski definition) is 2. The maximum absolute atomic E-state index is 13.3. The van der Waals surface area contributed by atoms with Crippen molar-refractivity contribution in [3.63, 3.8) is 0 Å². The first kappa shape index (κ1) is 15.6. The third-order valence-corrected chi connectivity index (χ3v) is 3.77. The molecule has 6 heteroatoms. The normalized spacial score (nSPS) is 11.7. The van der Waals surface area contributed by atoms with Gasteiger partial charge in [0.15, 0.2) is 0 Å². The molecule has 3 rings (SSSR count). The van der Waals surface area contributed by atoms with E-state index in [0.717, 1.165) is 6.07 Å². The van der Waals surface area contributed by atoms with Gasteiger partial charge in [-0.05, 0) is 18.2 Å². The van der Waals surface area contributed by atoms with Gasteiger partial charge in [0.25, 0.3) is 0 Å². The van der Waals surface area contributed by atoms with Crippen LogP contribution in [0.25, 0.3) is 22.2 Å². The van der Waals surface area contributed by atoms with Crippen LogP contribution in [-0.2, 0) is 6.18 Å². The molecule has 0 spiro atoms. The summed E-state index contributed by atoms with van der Waals surface area (Å²) in [4.78, 5) is 4.33. The largest absolute Gasteiger partial charge is 0.494 e. The maximum Gasteiger partial charge on any atom is 0.417 e. The zero-order valence-electron chi connectivity index (χ0n) is 12.0. The Morgan fingerprint density at radius 1 is 1.04 bits per heavy atom. The van der Waals surface area contributed by atoms with Crippen molar-refractivity contribution in [2.24, 2.45) is 0 Å². The molecule has 1 aromatic heterocycles. The minimum atomic E-state index is -4.49. The molecule has 23 heavy (non-hydrogen) atoms. The van der Waals surface area contributed by atoms with Crippen molar-refractivity contribution in [2.45, 2.75) is 6.18 Å². The van der Waals surface area contributed by atoms with E-state index in [0.29, 0.717) is 15.9 Å². The fourth-order valence-corrected chi connectivity index (χ4v) is 2.65. The second kappa shape index (κ2) is 5.74. The van der Waals surface area contributed by atoms with Gasteiger partial charge in [0.2, 0.25) is 0 Å². The zero-order chi connectivity index (χ0) is 16.6. The predicted molar refractivity (Wildman–Crippen MR) is 83.7 cm³/mol. The SMILES string of the molecule is COc1cc2cccc(Cl)c2nc1-c1ccccc1C(F)(F)F. The molecule has 0 saturated carbocycles. The second-order valence-electron chi connectivity index (χ2n) is 4.89. The van der Waals surface area contributed by atoms with Gasteiger partial charge in [0.1, 0.15) is 11.4 Å². The molecule has 3 aromatic rings. The van der Waals surface area contributed by atoms with E-state index in [9.17, 15) is 13.2 Å². The summed E-state index contributed by atoms with van der Waals surface area (Å²) in [5, 5.41) is 1.07. The summed E-state index contributed by atoms with van der Waals surface area (Å²) in [7, 11) is 1.40. The number of alkyl halides is 3. The van der Waals surface area contributed by atoms with Gasteiger partial charge < -0.3 is 4.74 Å². The molecule has 0 saturated heterocycles. The third-order valence-electron chi connectivity index (χ3n) is 3.47. The van der Waals surface area contributed by atoms with E-state index in [-0.39, 0.29) is 17.0 Å². The highest BCUT2D eigenvalue weighted by Crippen LogP contribution is 2.40. The standard InChI is InChI=1S/C17H11ClF3NO/c1-23-14-9-10-5-4-8-13(18)15(10)22-16(14)11-6-2-3-7-12(11)17(19,20)21/h2-9H,1H3. The van der Waals surface area contributed by atoms with E-state index in [1.54, 1.807) is 24.3 Å². The van der Waals surface area contributed by atoms with Gasteiger partial charge in [-0.1, -0.05) is 41.9 Å². The number of benzene rings is 2. The number of ether oxygens (including phenoxy) is 1. The first-order valence-electron chi connectivity index (χ1n) is 6.71. The molecule has 0 radical (unpaired) electrons. The minimum absolute atomic E-state index is 0.0429. The van der Waals surface area contributed by atoms with Gasteiger partial charge in [-0.2, -0.15) is 13.2 Å². The fraction of sp³-hybridized carbons (Fsp3) is 0.118. The molecule has 0 fully saturated rings. The average Bonchev–Trinajstić information content (AvgIpc) is 2.53. The Kier molecular flexibility index (Phi) is 3.90. The Labute approximate surface area is 135 Å². The van der Waals surface area contributed by atoms with Crippen molar-refractivity contribution >= 4 is 22.5 Å². The summed E-state index contributed by atoms with van der Waals surface area (Å²) in [6.07, 6.45) is -4.49. The van der Waals surface area contributed by atoms with E-state index in [1.807, 2.05) is 0 Å². The molecule has 0 unspecified atom stereocenters. The molecule has 2 aromatic carbocycles. The molecular formula is C17H11ClF3NO. The number of nitrogens with zero attached hydrogens (tertiary/aromatic N) is 1. The van der Waals surface area contributed by atoms with Gasteiger partial charge in [-0.15, -0.1) is 0 Å². The Morgan fingerprint density at radius 2 is 1.78 bits per heavy atom. The third kappa shape index (κ3) is 2.84. The van der Waals surface area contributed by atoms with Gasteiger partial charge >= 0.3 is 6.18 Å². The van der Waals surface area contributed by atoms with Crippen molar-refractivity contribution in [3.8, 4) is 17.0 Å². The van der Waals surface area contributed by atoms with Gasteiger partial charge in [-0.3, -0.25) is 0 Å². The maximum atomic E-state index is 13.3. The molecule has 118 valence electrons. The van der Waals surface area contributed by atoms with E-state index >= 15 is 0 Å². The molecular weight excluding hydrogens is 327 g/mol. The number of halogens is 4. The van der Waals surface area contributed by atoms with Crippen molar-refractivity contribution in [1.82, 2.24) is 4.98 Å². The Morgan fingerprint density at radius 3 is 2.48 bits per heavy atom. The summed E-state index contributed by atoms with van der Waals surface area (Å²) in [6.45, 7) is 0. The lowest BCUT2D eigenvalue weighted by atomic mass is 10.0. The fourth-order valence-electron chi connectivity index (χ4n) is 2.43. The molecule has 0 bridgehead atoms. The molecule has 0 aliphatic carbocycles. The first-order valence-corrected chi connectivity index (χ1v) is 7.09. The number of methoxy groups -OCH3 is 1. The smallest absolute Gasteiger partial charge is 0.417 e. The Balaban J connectivity index is 2.34. The lowest BCUT2D eigenvalue weighted by molar-refractivity contribution is -0.137. The lowest BCUT2D eigenvalue weighted by Crippen LogP contribution is -2.08. The second-order valence-corrected chi connectivity index (χ2v) is 5.30. The van der Waals surface area contributed by atoms with Crippen LogP contribution in [0, 0.1) is 0 Å². The summed E-state index contributed by atoms with van der Waals surface area (Å²) in [5.41, 5.74) is -0.265. The summed E-state index contributed by atoms with van der Waals surface area (Å²) in [5.74, 6) is 0.261. The predicted octanol–water partition coefficient (Wildman–Crippen LogP) is 5.58. The molecule has 1 heterocycles. The van der Waals surface area contributed by atoms with E-state index < -0.39 is 11.7 Å². The van der Waals surface area contributed by atoms with Crippen LogP contribution in [0.15, 0.2) is 48.5 Å². The summed E-state index contributed by atoms with van der Waals surface area (Å²) in [6, 6.07) is 12.1. The number of aromatic nitrogens is 1. The van der Waals surface area contributed by atoms with E-state index in [4.69, 9.17) is 16.3 Å². The number of pyridine rings is 1. The number of fused-ring (bicyclic) bond motifs is 1. The number of para-hydroxylation sites is 1. The van der Waals surface area contributed by atoms with Gasteiger partial charge in [0.05, 0.1) is 23.2 Å². The van der Waals surface area contributed by atoms with Crippen LogP contribution in [0.5, 0.6) is 5.75 Å². The van der Waals surface area contributed by atoms with Crippen LogP contribution >= 0.6 is 11.6 Å². The average molecular weight is 338 g/mol. The Hall–Kier alpha value is -2.27. The van der Waals surface area contributed by atoms with Crippen LogP contribution in [-0.4, -0.2) is 12.1 Å². The monoisotopic (exact) mass is 337 g/mol. The minimum Gasteiger partial charge on any atom is -0.494 e. The molecule has 2 nitrogen and oxygen atoms in total. The van der Waals surface area contributed by atoms with Crippen LogP contribution in [0.2, 0.25) is 5.02 Å². The van der Waals surface area contributed by atoms with Crippen LogP contribution in [0.4, 0.5) is 13.2 Å². The van der Waals surface area contributed by atoms with Gasteiger partial charge in [0, 0.05) is 10.9 Å². The highest BCUT2D eigenvalue weighted by Gasteiger charge is 2.34. The first-order chi connectivity index (χ1) is 10.9. The molecule has 0 amide bonds. The van der Waals surface area contributed by atoms with Crippen molar-refractivity contribution in [3.05, 3.63) is 59.1 Å². The molecule has 0 aliphatic heterocycles. The number of rotatable bonds is 2. The summed E-state index contributed by atoms with van der Waals surface area (Å²) >= 11 is 6.12.